The number of benzene rings is 1. The second kappa shape index (κ2) is 5.64. The molecule has 122 valence electrons. The predicted molar refractivity (Wildman–Crippen MR) is 97.9 cm³/mol. The summed E-state index contributed by atoms with van der Waals surface area (Å²) in [6, 6.07) is 11.7. The van der Waals surface area contributed by atoms with Crippen LogP contribution in [0.2, 0.25) is 0 Å². The van der Waals surface area contributed by atoms with E-state index in [4.69, 9.17) is 0 Å². The fraction of sp³-hybridized carbons (Fsp3) is 0.450. The first kappa shape index (κ1) is 14.7. The van der Waals surface area contributed by atoms with Crippen LogP contribution in [0, 0.1) is 0 Å². The molecule has 0 aliphatic carbocycles. The molecule has 1 N–H and O–H groups in total. The van der Waals surface area contributed by atoms with Gasteiger partial charge in [0, 0.05) is 37.5 Å². The molecule has 2 aliphatic rings. The summed E-state index contributed by atoms with van der Waals surface area (Å²) in [5.41, 5.74) is 5.55. The number of rotatable bonds is 3. The predicted octanol–water partition coefficient (Wildman–Crippen LogP) is 4.16. The van der Waals surface area contributed by atoms with Gasteiger partial charge in [-0.2, -0.15) is 0 Å². The van der Waals surface area contributed by atoms with Crippen LogP contribution in [-0.4, -0.2) is 36.1 Å². The largest absolute Gasteiger partial charge is 0.384 e. The molecule has 0 spiro atoms. The molecule has 2 aromatic rings. The second-order valence-corrected chi connectivity index (χ2v) is 7.39. The number of anilines is 1. The Balaban J connectivity index is 0.00000169. The molecule has 0 amide bonds. The van der Waals surface area contributed by atoms with Crippen molar-refractivity contribution in [2.45, 2.75) is 37.6 Å². The van der Waals surface area contributed by atoms with Gasteiger partial charge in [-0.3, -0.25) is 4.98 Å². The van der Waals surface area contributed by atoms with Crippen molar-refractivity contribution in [2.75, 3.05) is 25.5 Å². The normalized spacial score (nSPS) is 27.0. The van der Waals surface area contributed by atoms with E-state index in [0.717, 1.165) is 12.6 Å². The van der Waals surface area contributed by atoms with Crippen LogP contribution in [0.15, 0.2) is 42.7 Å². The third-order valence-corrected chi connectivity index (χ3v) is 5.71. The molecule has 0 saturated carbocycles. The summed E-state index contributed by atoms with van der Waals surface area (Å²) in [5.74, 6) is 0. The van der Waals surface area contributed by atoms with Gasteiger partial charge in [0.25, 0.3) is 0 Å². The highest BCUT2D eigenvalue weighted by Crippen LogP contribution is 2.43. The molecule has 0 bridgehead atoms. The van der Waals surface area contributed by atoms with Gasteiger partial charge in [-0.25, -0.2) is 0 Å². The molecular weight excluding hydrogens is 282 g/mol. The van der Waals surface area contributed by atoms with Crippen molar-refractivity contribution >= 4 is 5.69 Å². The quantitative estimate of drug-likeness (QED) is 0.922. The molecule has 2 aliphatic heterocycles. The van der Waals surface area contributed by atoms with Gasteiger partial charge in [0.15, 0.2) is 0 Å². The Bertz CT molecular complexity index is 703. The van der Waals surface area contributed by atoms with E-state index in [1.54, 1.807) is 0 Å². The smallest absolute Gasteiger partial charge is 0.0379 e. The van der Waals surface area contributed by atoms with Gasteiger partial charge >= 0.3 is 0 Å². The molecule has 3 heteroatoms. The Morgan fingerprint density at radius 2 is 2.09 bits per heavy atom. The summed E-state index contributed by atoms with van der Waals surface area (Å²) >= 11 is 0. The van der Waals surface area contributed by atoms with Gasteiger partial charge in [-0.15, -0.1) is 0 Å². The lowest BCUT2D eigenvalue weighted by Crippen LogP contribution is -2.35. The maximum atomic E-state index is 4.13. The highest BCUT2D eigenvalue weighted by Gasteiger charge is 2.38. The summed E-state index contributed by atoms with van der Waals surface area (Å²) < 4.78 is 0. The number of hydrogen-bond acceptors (Lipinski definition) is 3. The molecular formula is C20H27N3. The standard InChI is InChI=1S/C20H25N3.H2/c1-20(13-17-4-3-11-23(17)2)14-22-19-6-5-16(12-18(19)20)15-7-9-21-10-8-15;/h5-10,12,17,22H,3-4,11,13-14H2,1-2H3;1H/t17-,20?;/m1./s1. The van der Waals surface area contributed by atoms with Crippen molar-refractivity contribution in [1.29, 1.82) is 0 Å². The Morgan fingerprint density at radius 1 is 1.26 bits per heavy atom. The average molecular weight is 309 g/mol. The zero-order valence-corrected chi connectivity index (χ0v) is 14.0. The van der Waals surface area contributed by atoms with Crippen LogP contribution in [-0.2, 0) is 5.41 Å². The number of fused-ring (bicyclic) bond motifs is 1. The molecule has 1 unspecified atom stereocenters. The van der Waals surface area contributed by atoms with E-state index in [9.17, 15) is 0 Å². The lowest BCUT2D eigenvalue weighted by molar-refractivity contribution is 0.254. The summed E-state index contributed by atoms with van der Waals surface area (Å²) in [7, 11) is 2.28. The topological polar surface area (TPSA) is 28.2 Å². The van der Waals surface area contributed by atoms with Crippen LogP contribution in [0.4, 0.5) is 5.69 Å². The Morgan fingerprint density at radius 3 is 2.83 bits per heavy atom. The minimum atomic E-state index is 0. The van der Waals surface area contributed by atoms with Crippen molar-refractivity contribution in [2.24, 2.45) is 0 Å². The van der Waals surface area contributed by atoms with Crippen LogP contribution < -0.4 is 5.32 Å². The molecule has 1 fully saturated rings. The van der Waals surface area contributed by atoms with Crippen molar-refractivity contribution in [1.82, 2.24) is 9.88 Å². The molecule has 3 nitrogen and oxygen atoms in total. The lowest BCUT2D eigenvalue weighted by Gasteiger charge is -2.31. The lowest BCUT2D eigenvalue weighted by atomic mass is 9.77. The molecule has 2 atom stereocenters. The number of hydrogen-bond donors (Lipinski definition) is 1. The van der Waals surface area contributed by atoms with Crippen molar-refractivity contribution in [3.05, 3.63) is 48.3 Å². The van der Waals surface area contributed by atoms with E-state index in [2.05, 4.69) is 59.5 Å². The number of nitrogens with zero attached hydrogens (tertiary/aromatic N) is 2. The fourth-order valence-electron chi connectivity index (χ4n) is 4.25. The van der Waals surface area contributed by atoms with E-state index in [1.807, 2.05) is 12.4 Å². The van der Waals surface area contributed by atoms with Crippen LogP contribution >= 0.6 is 0 Å². The van der Waals surface area contributed by atoms with Gasteiger partial charge in [0.2, 0.25) is 0 Å². The molecule has 1 aromatic carbocycles. The number of nitrogens with one attached hydrogen (secondary N) is 1. The maximum Gasteiger partial charge on any atom is 0.0379 e. The average Bonchev–Trinajstić information content (AvgIpc) is 3.12. The summed E-state index contributed by atoms with van der Waals surface area (Å²) in [5, 5.41) is 3.63. The summed E-state index contributed by atoms with van der Waals surface area (Å²) in [6.07, 6.45) is 7.66. The van der Waals surface area contributed by atoms with Crippen LogP contribution in [0.3, 0.4) is 0 Å². The van der Waals surface area contributed by atoms with Gasteiger partial charge < -0.3 is 10.2 Å². The molecule has 1 saturated heterocycles. The van der Waals surface area contributed by atoms with Gasteiger partial charge in [0.05, 0.1) is 0 Å². The fourth-order valence-corrected chi connectivity index (χ4v) is 4.25. The van der Waals surface area contributed by atoms with Crippen LogP contribution in [0.25, 0.3) is 11.1 Å². The molecule has 4 rings (SSSR count). The molecule has 0 radical (unpaired) electrons. The Labute approximate surface area is 140 Å². The molecule has 3 heterocycles. The Hall–Kier alpha value is -1.87. The van der Waals surface area contributed by atoms with Crippen molar-refractivity contribution < 1.29 is 1.43 Å². The number of likely N-dealkylation sites (tertiary alicyclic amines) is 1. The second-order valence-electron chi connectivity index (χ2n) is 7.39. The highest BCUT2D eigenvalue weighted by molar-refractivity contribution is 5.71. The summed E-state index contributed by atoms with van der Waals surface area (Å²) in [4.78, 5) is 6.67. The number of aromatic nitrogens is 1. The van der Waals surface area contributed by atoms with Crippen molar-refractivity contribution in [3.63, 3.8) is 0 Å². The minimum Gasteiger partial charge on any atom is -0.384 e. The van der Waals surface area contributed by atoms with Crippen LogP contribution in [0.1, 0.15) is 33.2 Å². The van der Waals surface area contributed by atoms with E-state index < -0.39 is 0 Å². The molecule has 23 heavy (non-hydrogen) atoms. The van der Waals surface area contributed by atoms with Gasteiger partial charge in [-0.05, 0) is 73.8 Å². The zero-order valence-electron chi connectivity index (χ0n) is 14.0. The number of pyridine rings is 1. The van der Waals surface area contributed by atoms with Crippen molar-refractivity contribution in [3.8, 4) is 11.1 Å². The zero-order chi connectivity index (χ0) is 15.9. The summed E-state index contributed by atoms with van der Waals surface area (Å²) in [6.45, 7) is 4.72. The monoisotopic (exact) mass is 309 g/mol. The van der Waals surface area contributed by atoms with Gasteiger partial charge in [0.1, 0.15) is 0 Å². The highest BCUT2D eigenvalue weighted by atomic mass is 15.1. The first-order valence-corrected chi connectivity index (χ1v) is 8.65. The van der Waals surface area contributed by atoms with E-state index in [0.29, 0.717) is 0 Å². The third kappa shape index (κ3) is 2.63. The third-order valence-electron chi connectivity index (χ3n) is 5.71. The molecule has 1 aromatic heterocycles. The minimum absolute atomic E-state index is 0. The Kier molecular flexibility index (Phi) is 3.61. The first-order valence-electron chi connectivity index (χ1n) is 8.65. The first-order chi connectivity index (χ1) is 11.2. The van der Waals surface area contributed by atoms with E-state index >= 15 is 0 Å². The van der Waals surface area contributed by atoms with Gasteiger partial charge in [-0.1, -0.05) is 13.0 Å². The van der Waals surface area contributed by atoms with E-state index in [-0.39, 0.29) is 6.84 Å². The maximum absolute atomic E-state index is 4.13. The van der Waals surface area contributed by atoms with E-state index in [1.165, 1.54) is 48.2 Å². The SMILES string of the molecule is CN1CCC[C@@H]1CC1(C)CNc2ccc(-c3ccncc3)cc21.[HH]. The van der Waals surface area contributed by atoms with Crippen LogP contribution in [0.5, 0.6) is 0 Å².